The molecule has 0 aliphatic carbocycles. The highest BCUT2D eigenvalue weighted by molar-refractivity contribution is 5.90. The molecule has 0 aliphatic heterocycles. The molecule has 0 N–H and O–H groups in total. The van der Waals surface area contributed by atoms with Gasteiger partial charge in [-0.3, -0.25) is 0 Å². The first kappa shape index (κ1) is 12.9. The number of fused-ring (bicyclic) bond motifs is 1. The Hall–Kier alpha value is -1.51. The van der Waals surface area contributed by atoms with Crippen LogP contribution in [0.25, 0.3) is 10.8 Å². The van der Waals surface area contributed by atoms with Crippen LogP contribution in [0.2, 0.25) is 0 Å². The Morgan fingerprint density at radius 3 is 2.22 bits per heavy atom. The molecule has 0 nitrogen and oxygen atoms in total. The molecule has 0 amide bonds. The third-order valence-electron chi connectivity index (χ3n) is 3.26. The van der Waals surface area contributed by atoms with Gasteiger partial charge in [0.05, 0.1) is 0 Å². The molecule has 0 saturated heterocycles. The average molecular weight is 252 g/mol. The van der Waals surface area contributed by atoms with E-state index in [-0.39, 0.29) is 16.9 Å². The van der Waals surface area contributed by atoms with Gasteiger partial charge in [-0.25, -0.2) is 13.2 Å². The summed E-state index contributed by atoms with van der Waals surface area (Å²) in [7, 11) is 0. The highest BCUT2D eigenvalue weighted by atomic mass is 19.2. The molecule has 0 bridgehead atoms. The lowest BCUT2D eigenvalue weighted by Gasteiger charge is -2.15. The summed E-state index contributed by atoms with van der Waals surface area (Å²) in [5.74, 6) is -3.40. The minimum atomic E-state index is -1.37. The first-order valence-corrected chi connectivity index (χ1v) is 6.06. The molecule has 2 rings (SSSR count). The maximum Gasteiger partial charge on any atom is 0.195 e. The topological polar surface area (TPSA) is 0 Å². The second-order valence-corrected chi connectivity index (χ2v) is 4.70. The smallest absolute Gasteiger partial charge is 0.195 e. The summed E-state index contributed by atoms with van der Waals surface area (Å²) in [6, 6.07) is 5.01. The number of halogens is 3. The third kappa shape index (κ3) is 1.78. The van der Waals surface area contributed by atoms with Crippen LogP contribution in [-0.4, -0.2) is 0 Å². The Bertz CT molecular complexity index is 600. The molecule has 0 aliphatic rings. The molecule has 0 spiro atoms. The predicted octanol–water partition coefficient (Wildman–Crippen LogP) is 4.94. The standard InChI is InChI=1S/C15H15F3/c1-4-9-12-10(8(2)3)6-5-7-11(12)14(17)15(18)13(9)16/h5-8H,4H2,1-3H3. The maximum atomic E-state index is 13.8. The molecule has 2 aromatic carbocycles. The fraction of sp³-hybridized carbons (Fsp3) is 0.333. The van der Waals surface area contributed by atoms with Crippen LogP contribution in [0.1, 0.15) is 37.8 Å². The Labute approximate surface area is 104 Å². The van der Waals surface area contributed by atoms with E-state index in [1.165, 1.54) is 6.07 Å². The predicted molar refractivity (Wildman–Crippen MR) is 67.3 cm³/mol. The highest BCUT2D eigenvalue weighted by Crippen LogP contribution is 2.33. The molecule has 2 aromatic rings. The highest BCUT2D eigenvalue weighted by Gasteiger charge is 2.21. The van der Waals surface area contributed by atoms with E-state index in [0.717, 1.165) is 5.56 Å². The summed E-state index contributed by atoms with van der Waals surface area (Å²) >= 11 is 0. The lowest BCUT2D eigenvalue weighted by Crippen LogP contribution is -2.03. The van der Waals surface area contributed by atoms with Crippen LogP contribution < -0.4 is 0 Å². The van der Waals surface area contributed by atoms with Crippen molar-refractivity contribution >= 4 is 10.8 Å². The summed E-state index contributed by atoms with van der Waals surface area (Å²) < 4.78 is 41.1. The Kier molecular flexibility index (Phi) is 3.33. The lowest BCUT2D eigenvalue weighted by atomic mass is 9.91. The first-order chi connectivity index (χ1) is 8.49. The van der Waals surface area contributed by atoms with Crippen LogP contribution in [0.5, 0.6) is 0 Å². The zero-order chi connectivity index (χ0) is 13.4. The number of hydrogen-bond donors (Lipinski definition) is 0. The van der Waals surface area contributed by atoms with Gasteiger partial charge in [-0.15, -0.1) is 0 Å². The molecule has 0 radical (unpaired) electrons. The summed E-state index contributed by atoms with van der Waals surface area (Å²) in [6.45, 7) is 5.65. The van der Waals surface area contributed by atoms with Crippen LogP contribution in [0.15, 0.2) is 18.2 Å². The van der Waals surface area contributed by atoms with Gasteiger partial charge in [0, 0.05) is 5.39 Å². The number of aryl methyl sites for hydroxylation is 1. The summed E-state index contributed by atoms with van der Waals surface area (Å²) in [4.78, 5) is 0. The zero-order valence-electron chi connectivity index (χ0n) is 10.7. The lowest BCUT2D eigenvalue weighted by molar-refractivity contribution is 0.448. The van der Waals surface area contributed by atoms with E-state index in [4.69, 9.17) is 0 Å². The van der Waals surface area contributed by atoms with Gasteiger partial charge >= 0.3 is 0 Å². The SMILES string of the molecule is CCc1c(F)c(F)c(F)c2cccc(C(C)C)c12. The van der Waals surface area contributed by atoms with Crippen molar-refractivity contribution in [2.75, 3.05) is 0 Å². The van der Waals surface area contributed by atoms with Gasteiger partial charge in [-0.05, 0) is 28.9 Å². The van der Waals surface area contributed by atoms with Crippen molar-refractivity contribution < 1.29 is 13.2 Å². The number of rotatable bonds is 2. The van der Waals surface area contributed by atoms with E-state index in [1.54, 1.807) is 13.0 Å². The van der Waals surface area contributed by atoms with Crippen molar-refractivity contribution in [3.05, 3.63) is 46.8 Å². The Morgan fingerprint density at radius 1 is 1.00 bits per heavy atom. The van der Waals surface area contributed by atoms with Crippen LogP contribution in [0.4, 0.5) is 13.2 Å². The summed E-state index contributed by atoms with van der Waals surface area (Å²) in [5, 5.41) is 0.684. The van der Waals surface area contributed by atoms with Crippen LogP contribution in [0, 0.1) is 17.5 Å². The van der Waals surface area contributed by atoms with Crippen molar-refractivity contribution in [2.45, 2.75) is 33.1 Å². The molecule has 18 heavy (non-hydrogen) atoms. The van der Waals surface area contributed by atoms with Gasteiger partial charge in [0.15, 0.2) is 17.5 Å². The molecule has 0 fully saturated rings. The number of benzene rings is 2. The Morgan fingerprint density at radius 2 is 1.67 bits per heavy atom. The molecular formula is C15H15F3. The van der Waals surface area contributed by atoms with Crippen LogP contribution >= 0.6 is 0 Å². The summed E-state index contributed by atoms with van der Waals surface area (Å²) in [5.41, 5.74) is 1.11. The quantitative estimate of drug-likeness (QED) is 0.664. The molecule has 0 atom stereocenters. The molecular weight excluding hydrogens is 237 g/mol. The maximum absolute atomic E-state index is 13.8. The number of hydrogen-bond acceptors (Lipinski definition) is 0. The van der Waals surface area contributed by atoms with Crippen molar-refractivity contribution in [1.29, 1.82) is 0 Å². The van der Waals surface area contributed by atoms with Crippen molar-refractivity contribution in [3.8, 4) is 0 Å². The fourth-order valence-corrected chi connectivity index (χ4v) is 2.36. The summed E-state index contributed by atoms with van der Waals surface area (Å²) in [6.07, 6.45) is 0.337. The van der Waals surface area contributed by atoms with Gasteiger partial charge in [0.1, 0.15) is 0 Å². The van der Waals surface area contributed by atoms with Gasteiger partial charge in [0.25, 0.3) is 0 Å². The van der Waals surface area contributed by atoms with Crippen LogP contribution in [0.3, 0.4) is 0 Å². The van der Waals surface area contributed by atoms with Crippen molar-refractivity contribution in [2.24, 2.45) is 0 Å². The molecule has 0 unspecified atom stereocenters. The van der Waals surface area contributed by atoms with Crippen LogP contribution in [-0.2, 0) is 6.42 Å². The normalized spacial score (nSPS) is 11.5. The largest absolute Gasteiger partial charge is 0.203 e. The zero-order valence-corrected chi connectivity index (χ0v) is 10.7. The van der Waals surface area contributed by atoms with Gasteiger partial charge < -0.3 is 0 Å². The third-order valence-corrected chi connectivity index (χ3v) is 3.26. The van der Waals surface area contributed by atoms with Crippen molar-refractivity contribution in [1.82, 2.24) is 0 Å². The van der Waals surface area contributed by atoms with Gasteiger partial charge in [0.2, 0.25) is 0 Å². The van der Waals surface area contributed by atoms with Gasteiger partial charge in [-0.2, -0.15) is 0 Å². The fourth-order valence-electron chi connectivity index (χ4n) is 2.36. The Balaban J connectivity index is 3.01. The second-order valence-electron chi connectivity index (χ2n) is 4.70. The van der Waals surface area contributed by atoms with Gasteiger partial charge in [-0.1, -0.05) is 39.0 Å². The molecule has 0 heterocycles. The minimum Gasteiger partial charge on any atom is -0.203 e. The van der Waals surface area contributed by atoms with E-state index < -0.39 is 17.5 Å². The van der Waals surface area contributed by atoms with E-state index in [2.05, 4.69) is 0 Å². The van der Waals surface area contributed by atoms with E-state index >= 15 is 0 Å². The van der Waals surface area contributed by atoms with Crippen molar-refractivity contribution in [3.63, 3.8) is 0 Å². The molecule has 0 saturated carbocycles. The average Bonchev–Trinajstić information content (AvgIpc) is 2.36. The molecule has 96 valence electrons. The second kappa shape index (κ2) is 4.63. The molecule has 3 heteroatoms. The van der Waals surface area contributed by atoms with E-state index in [1.807, 2.05) is 19.9 Å². The monoisotopic (exact) mass is 252 g/mol. The molecule has 0 aromatic heterocycles. The van der Waals surface area contributed by atoms with E-state index in [9.17, 15) is 13.2 Å². The first-order valence-electron chi connectivity index (χ1n) is 6.06. The minimum absolute atomic E-state index is 0.128. The van der Waals surface area contributed by atoms with E-state index in [0.29, 0.717) is 11.8 Å².